The smallest absolute Gasteiger partial charge is 0.303 e. The maximum Gasteiger partial charge on any atom is 0.303 e. The fourth-order valence-corrected chi connectivity index (χ4v) is 4.65. The molecule has 0 saturated carbocycles. The Bertz CT molecular complexity index is 1260. The second-order valence-electron chi connectivity index (χ2n) is 10.9. The summed E-state index contributed by atoms with van der Waals surface area (Å²) in [7, 11) is 1.55. The van der Waals surface area contributed by atoms with Crippen LogP contribution >= 0.6 is 0 Å². The molecule has 2 atom stereocenters. The summed E-state index contributed by atoms with van der Waals surface area (Å²) in [5.41, 5.74) is 3.28. The lowest BCUT2D eigenvalue weighted by atomic mass is 9.75. The van der Waals surface area contributed by atoms with Crippen LogP contribution in [0.25, 0.3) is 11.1 Å². The van der Waals surface area contributed by atoms with Gasteiger partial charge in [-0.15, -0.1) is 0 Å². The van der Waals surface area contributed by atoms with E-state index in [4.69, 9.17) is 9.47 Å². The van der Waals surface area contributed by atoms with Gasteiger partial charge in [0.1, 0.15) is 18.2 Å². The van der Waals surface area contributed by atoms with Crippen molar-refractivity contribution in [1.29, 1.82) is 0 Å². The van der Waals surface area contributed by atoms with Gasteiger partial charge in [0.15, 0.2) is 11.6 Å². The third-order valence-electron chi connectivity index (χ3n) is 7.23. The second kappa shape index (κ2) is 12.4. The van der Waals surface area contributed by atoms with Crippen LogP contribution in [0.1, 0.15) is 82.4 Å². The predicted molar refractivity (Wildman–Crippen MR) is 147 cm³/mol. The van der Waals surface area contributed by atoms with Crippen LogP contribution in [0.3, 0.4) is 0 Å². The van der Waals surface area contributed by atoms with Crippen molar-refractivity contribution in [3.63, 3.8) is 0 Å². The SMILES string of the molecule is CCC[C@@H](CC(=O)O)c1cccc(OCc2ccc(-c3cc(OC)ccc3F)c([C@H](C)C(C)(C)C)c2)c1F. The quantitative estimate of drug-likeness (QED) is 0.272. The highest BCUT2D eigenvalue weighted by Gasteiger charge is 2.26. The van der Waals surface area contributed by atoms with Crippen molar-refractivity contribution < 1.29 is 28.2 Å². The molecule has 0 heterocycles. The molecular weight excluding hydrogens is 486 g/mol. The Labute approximate surface area is 224 Å². The molecule has 0 bridgehead atoms. The fourth-order valence-electron chi connectivity index (χ4n) is 4.65. The molecular formula is C32H38F2O4. The van der Waals surface area contributed by atoms with Gasteiger partial charge < -0.3 is 14.6 Å². The molecule has 38 heavy (non-hydrogen) atoms. The zero-order valence-electron chi connectivity index (χ0n) is 23.1. The summed E-state index contributed by atoms with van der Waals surface area (Å²) < 4.78 is 41.6. The van der Waals surface area contributed by atoms with E-state index in [1.54, 1.807) is 37.4 Å². The summed E-state index contributed by atoms with van der Waals surface area (Å²) in [6, 6.07) is 15.3. The van der Waals surface area contributed by atoms with Crippen LogP contribution in [0, 0.1) is 17.0 Å². The van der Waals surface area contributed by atoms with E-state index in [0.29, 0.717) is 23.3 Å². The van der Waals surface area contributed by atoms with Gasteiger partial charge in [-0.05, 0) is 70.2 Å². The zero-order chi connectivity index (χ0) is 28.0. The molecule has 0 aliphatic heterocycles. The third-order valence-corrected chi connectivity index (χ3v) is 7.23. The molecule has 0 aliphatic rings. The number of carbonyl (C=O) groups is 1. The van der Waals surface area contributed by atoms with Gasteiger partial charge in [-0.1, -0.05) is 71.4 Å². The molecule has 1 N–H and O–H groups in total. The van der Waals surface area contributed by atoms with E-state index >= 15 is 4.39 Å². The zero-order valence-corrected chi connectivity index (χ0v) is 23.1. The minimum atomic E-state index is -0.956. The standard InChI is InChI=1S/C32H38F2O4/c1-7-9-22(17-30(35)36)24-10-8-11-29(31(24)34)38-19-21-12-14-25(26(16-21)20(2)32(3,4)5)27-18-23(37-6)13-15-28(27)33/h8,10-16,18,20,22H,7,9,17,19H2,1-6H3,(H,35,36)/t20-,22-/m0/s1. The number of methoxy groups -OCH3 is 1. The highest BCUT2D eigenvalue weighted by Crippen LogP contribution is 2.41. The van der Waals surface area contributed by atoms with Gasteiger partial charge in [-0.25, -0.2) is 8.78 Å². The van der Waals surface area contributed by atoms with Crippen molar-refractivity contribution in [2.75, 3.05) is 7.11 Å². The van der Waals surface area contributed by atoms with E-state index in [-0.39, 0.29) is 35.9 Å². The molecule has 3 rings (SSSR count). The van der Waals surface area contributed by atoms with Crippen LogP contribution in [0.5, 0.6) is 11.5 Å². The number of rotatable bonds is 11. The van der Waals surface area contributed by atoms with E-state index in [2.05, 4.69) is 27.7 Å². The molecule has 0 saturated heterocycles. The van der Waals surface area contributed by atoms with Gasteiger partial charge >= 0.3 is 5.97 Å². The normalized spacial score (nSPS) is 13.2. The Kier molecular flexibility index (Phi) is 9.53. The van der Waals surface area contributed by atoms with Gasteiger partial charge in [0, 0.05) is 5.56 Å². The maximum atomic E-state index is 15.4. The number of benzene rings is 3. The van der Waals surface area contributed by atoms with Crippen molar-refractivity contribution >= 4 is 5.97 Å². The van der Waals surface area contributed by atoms with E-state index < -0.39 is 17.7 Å². The largest absolute Gasteiger partial charge is 0.497 e. The lowest BCUT2D eigenvalue weighted by Gasteiger charge is -2.30. The average molecular weight is 525 g/mol. The van der Waals surface area contributed by atoms with Gasteiger partial charge in [-0.3, -0.25) is 4.79 Å². The van der Waals surface area contributed by atoms with E-state index in [9.17, 15) is 14.3 Å². The van der Waals surface area contributed by atoms with Crippen LogP contribution in [0.4, 0.5) is 8.78 Å². The Hall–Kier alpha value is -3.41. The number of halogens is 2. The highest BCUT2D eigenvalue weighted by molar-refractivity contribution is 5.71. The van der Waals surface area contributed by atoms with Crippen LogP contribution < -0.4 is 9.47 Å². The lowest BCUT2D eigenvalue weighted by Crippen LogP contribution is -2.16. The van der Waals surface area contributed by atoms with E-state index in [1.165, 1.54) is 6.07 Å². The first kappa shape index (κ1) is 29.2. The topological polar surface area (TPSA) is 55.8 Å². The van der Waals surface area contributed by atoms with Crippen LogP contribution in [0.15, 0.2) is 54.6 Å². The Morgan fingerprint density at radius 2 is 1.74 bits per heavy atom. The van der Waals surface area contributed by atoms with Crippen LogP contribution in [-0.4, -0.2) is 18.2 Å². The van der Waals surface area contributed by atoms with Crippen LogP contribution in [-0.2, 0) is 11.4 Å². The molecule has 0 fully saturated rings. The monoisotopic (exact) mass is 524 g/mol. The molecule has 0 aliphatic carbocycles. The van der Waals surface area contributed by atoms with Crippen molar-refractivity contribution in [1.82, 2.24) is 0 Å². The van der Waals surface area contributed by atoms with Gasteiger partial charge in [-0.2, -0.15) is 0 Å². The molecule has 0 radical (unpaired) electrons. The number of carboxylic acids is 1. The summed E-state index contributed by atoms with van der Waals surface area (Å²) >= 11 is 0. The van der Waals surface area contributed by atoms with Crippen molar-refractivity contribution in [2.45, 2.75) is 72.3 Å². The molecule has 3 aromatic rings. The lowest BCUT2D eigenvalue weighted by molar-refractivity contribution is -0.137. The first-order valence-corrected chi connectivity index (χ1v) is 13.1. The number of ether oxygens (including phenoxy) is 2. The van der Waals surface area contributed by atoms with Gasteiger partial charge in [0.25, 0.3) is 0 Å². The highest BCUT2D eigenvalue weighted by atomic mass is 19.1. The summed E-state index contributed by atoms with van der Waals surface area (Å²) in [4.78, 5) is 11.3. The molecule has 0 amide bonds. The molecule has 4 nitrogen and oxygen atoms in total. The van der Waals surface area contributed by atoms with Gasteiger partial charge in [0.2, 0.25) is 0 Å². The van der Waals surface area contributed by atoms with Crippen molar-refractivity contribution in [3.05, 3.63) is 82.9 Å². The van der Waals surface area contributed by atoms with Gasteiger partial charge in [0.05, 0.1) is 13.5 Å². The second-order valence-corrected chi connectivity index (χ2v) is 10.9. The van der Waals surface area contributed by atoms with Crippen molar-refractivity contribution in [2.24, 2.45) is 5.41 Å². The Balaban J connectivity index is 1.96. The molecule has 204 valence electrons. The summed E-state index contributed by atoms with van der Waals surface area (Å²) in [6.07, 6.45) is 1.19. The number of hydrogen-bond acceptors (Lipinski definition) is 3. The van der Waals surface area contributed by atoms with Crippen molar-refractivity contribution in [3.8, 4) is 22.6 Å². The number of hydrogen-bond donors (Lipinski definition) is 1. The Morgan fingerprint density at radius 3 is 2.37 bits per heavy atom. The first-order valence-electron chi connectivity index (χ1n) is 13.1. The number of carboxylic acid groups (broad SMARTS) is 1. The average Bonchev–Trinajstić information content (AvgIpc) is 2.87. The minimum absolute atomic E-state index is 0.0777. The number of aliphatic carboxylic acids is 1. The summed E-state index contributed by atoms with van der Waals surface area (Å²) in [5, 5.41) is 9.28. The first-order chi connectivity index (χ1) is 18.0. The Morgan fingerprint density at radius 1 is 1.00 bits per heavy atom. The van der Waals surface area contributed by atoms with E-state index in [0.717, 1.165) is 23.1 Å². The molecule has 6 heteroatoms. The summed E-state index contributed by atoms with van der Waals surface area (Å²) in [5.74, 6) is -1.50. The predicted octanol–water partition coefficient (Wildman–Crippen LogP) is 8.73. The van der Waals surface area contributed by atoms with Crippen LogP contribution in [0.2, 0.25) is 0 Å². The fraction of sp³-hybridized carbons (Fsp3) is 0.406. The maximum absolute atomic E-state index is 15.4. The minimum Gasteiger partial charge on any atom is -0.497 e. The molecule has 0 unspecified atom stereocenters. The molecule has 3 aromatic carbocycles. The third kappa shape index (κ3) is 6.91. The van der Waals surface area contributed by atoms with E-state index in [1.807, 2.05) is 25.1 Å². The molecule has 0 spiro atoms. The summed E-state index contributed by atoms with van der Waals surface area (Å²) in [6.45, 7) is 10.6. The molecule has 0 aromatic heterocycles.